The highest BCUT2D eigenvalue weighted by Crippen LogP contribution is 2.24. The minimum Gasteiger partial charge on any atom is -0.444 e. The normalized spacial score (nSPS) is 13.6. The Morgan fingerprint density at radius 1 is 1.25 bits per heavy atom. The van der Waals surface area contributed by atoms with E-state index in [1.54, 1.807) is 4.90 Å². The Hall–Kier alpha value is -3.03. The first-order chi connectivity index (χ1) is 13.3. The summed E-state index contributed by atoms with van der Waals surface area (Å²) >= 11 is 0. The lowest BCUT2D eigenvalue weighted by Crippen LogP contribution is -2.40. The summed E-state index contributed by atoms with van der Waals surface area (Å²) in [6.07, 6.45) is 1.02. The van der Waals surface area contributed by atoms with Crippen LogP contribution in [0.15, 0.2) is 30.3 Å². The van der Waals surface area contributed by atoms with Gasteiger partial charge in [0, 0.05) is 18.7 Å². The molecule has 3 N–H and O–H groups in total. The van der Waals surface area contributed by atoms with Gasteiger partial charge in [0.1, 0.15) is 5.60 Å². The molecular formula is C20H27N5O3. The number of fused-ring (bicyclic) bond motifs is 1. The fourth-order valence-corrected chi connectivity index (χ4v) is 3.02. The lowest BCUT2D eigenvalue weighted by molar-refractivity contribution is 0.0221. The van der Waals surface area contributed by atoms with Crippen LogP contribution in [0.1, 0.15) is 37.6 Å². The maximum atomic E-state index is 12.2. The maximum absolute atomic E-state index is 12.2. The van der Waals surface area contributed by atoms with E-state index in [9.17, 15) is 9.59 Å². The SMILES string of the molecule is CC(C)(C)OC(=O)N1CCc2c(NC(=O)NCCc3ccccc3)n[nH]c2C1. The molecule has 3 rings (SSSR count). The summed E-state index contributed by atoms with van der Waals surface area (Å²) in [6, 6.07) is 9.69. The number of hydrogen-bond acceptors (Lipinski definition) is 4. The second kappa shape index (κ2) is 8.33. The van der Waals surface area contributed by atoms with Crippen molar-refractivity contribution < 1.29 is 14.3 Å². The van der Waals surface area contributed by atoms with Crippen LogP contribution >= 0.6 is 0 Å². The van der Waals surface area contributed by atoms with Crippen molar-refractivity contribution in [2.24, 2.45) is 0 Å². The second-order valence-electron chi connectivity index (χ2n) is 7.80. The van der Waals surface area contributed by atoms with Gasteiger partial charge in [0.15, 0.2) is 5.82 Å². The van der Waals surface area contributed by atoms with E-state index in [0.717, 1.165) is 17.7 Å². The Kier molecular flexibility index (Phi) is 5.87. The Labute approximate surface area is 164 Å². The number of rotatable bonds is 4. The summed E-state index contributed by atoms with van der Waals surface area (Å²) in [4.78, 5) is 26.0. The third-order valence-corrected chi connectivity index (χ3v) is 4.36. The van der Waals surface area contributed by atoms with Crippen molar-refractivity contribution in [2.75, 3.05) is 18.4 Å². The molecule has 0 unspecified atom stereocenters. The molecule has 1 aliphatic rings. The predicted molar refractivity (Wildman–Crippen MR) is 106 cm³/mol. The fraction of sp³-hybridized carbons (Fsp3) is 0.450. The van der Waals surface area contributed by atoms with Crippen LogP contribution in [0.5, 0.6) is 0 Å². The molecule has 2 heterocycles. The summed E-state index contributed by atoms with van der Waals surface area (Å²) in [5.41, 5.74) is 2.38. The van der Waals surface area contributed by atoms with Crippen molar-refractivity contribution >= 4 is 17.9 Å². The van der Waals surface area contributed by atoms with Gasteiger partial charge in [0.2, 0.25) is 0 Å². The van der Waals surface area contributed by atoms with Crippen LogP contribution in [0.4, 0.5) is 15.4 Å². The number of aromatic nitrogens is 2. The third kappa shape index (κ3) is 5.25. The Morgan fingerprint density at radius 3 is 2.71 bits per heavy atom. The third-order valence-electron chi connectivity index (χ3n) is 4.36. The Morgan fingerprint density at radius 2 is 2.00 bits per heavy atom. The zero-order chi connectivity index (χ0) is 20.1. The van der Waals surface area contributed by atoms with Crippen LogP contribution in [-0.4, -0.2) is 45.9 Å². The number of amides is 3. The van der Waals surface area contributed by atoms with Crippen LogP contribution in [0, 0.1) is 0 Å². The highest BCUT2D eigenvalue weighted by atomic mass is 16.6. The highest BCUT2D eigenvalue weighted by Gasteiger charge is 2.28. The number of anilines is 1. The molecule has 8 heteroatoms. The molecule has 0 fully saturated rings. The molecule has 150 valence electrons. The van der Waals surface area contributed by atoms with Gasteiger partial charge in [-0.05, 0) is 39.2 Å². The van der Waals surface area contributed by atoms with E-state index >= 15 is 0 Å². The molecule has 0 saturated carbocycles. The van der Waals surface area contributed by atoms with E-state index in [-0.39, 0.29) is 12.1 Å². The molecule has 0 bridgehead atoms. The van der Waals surface area contributed by atoms with Gasteiger partial charge in [-0.3, -0.25) is 10.4 Å². The molecule has 0 aliphatic carbocycles. The summed E-state index contributed by atoms with van der Waals surface area (Å²) in [5, 5.41) is 12.7. The van der Waals surface area contributed by atoms with Crippen molar-refractivity contribution in [1.29, 1.82) is 0 Å². The van der Waals surface area contributed by atoms with Crippen molar-refractivity contribution in [1.82, 2.24) is 20.4 Å². The first-order valence-corrected chi connectivity index (χ1v) is 9.44. The van der Waals surface area contributed by atoms with Crippen LogP contribution in [-0.2, 0) is 24.1 Å². The maximum Gasteiger partial charge on any atom is 0.410 e. The number of benzene rings is 1. The topological polar surface area (TPSA) is 99.3 Å². The molecule has 2 aromatic rings. The number of carbonyl (C=O) groups is 2. The number of H-pyrrole nitrogens is 1. The molecular weight excluding hydrogens is 358 g/mol. The molecule has 28 heavy (non-hydrogen) atoms. The molecule has 0 atom stereocenters. The van der Waals surface area contributed by atoms with E-state index in [1.807, 2.05) is 51.1 Å². The van der Waals surface area contributed by atoms with Gasteiger partial charge in [0.05, 0.1) is 12.2 Å². The number of hydrogen-bond donors (Lipinski definition) is 3. The lowest BCUT2D eigenvalue weighted by atomic mass is 10.1. The number of nitrogens with zero attached hydrogens (tertiary/aromatic N) is 2. The monoisotopic (exact) mass is 385 g/mol. The van der Waals surface area contributed by atoms with Crippen LogP contribution in [0.3, 0.4) is 0 Å². The molecule has 1 aliphatic heterocycles. The summed E-state index contributed by atoms with van der Waals surface area (Å²) in [5.74, 6) is 0.510. The second-order valence-corrected chi connectivity index (χ2v) is 7.80. The number of aromatic amines is 1. The number of carbonyl (C=O) groups excluding carboxylic acids is 2. The minimum absolute atomic E-state index is 0.292. The fourth-order valence-electron chi connectivity index (χ4n) is 3.02. The first kappa shape index (κ1) is 19.7. The number of ether oxygens (including phenoxy) is 1. The first-order valence-electron chi connectivity index (χ1n) is 9.44. The summed E-state index contributed by atoms with van der Waals surface area (Å²) < 4.78 is 5.42. The van der Waals surface area contributed by atoms with Crippen LogP contribution in [0.2, 0.25) is 0 Å². The van der Waals surface area contributed by atoms with Crippen molar-refractivity contribution in [3.63, 3.8) is 0 Å². The van der Waals surface area contributed by atoms with E-state index in [1.165, 1.54) is 5.56 Å². The molecule has 3 amide bonds. The van der Waals surface area contributed by atoms with Gasteiger partial charge < -0.3 is 15.0 Å². The van der Waals surface area contributed by atoms with Crippen LogP contribution < -0.4 is 10.6 Å². The van der Waals surface area contributed by atoms with Gasteiger partial charge in [-0.15, -0.1) is 0 Å². The van der Waals surface area contributed by atoms with Crippen molar-refractivity contribution in [3.8, 4) is 0 Å². The summed E-state index contributed by atoms with van der Waals surface area (Å²) in [6.45, 7) is 6.97. The predicted octanol–water partition coefficient (Wildman–Crippen LogP) is 3.07. The zero-order valence-corrected chi connectivity index (χ0v) is 16.5. The minimum atomic E-state index is -0.532. The Bertz CT molecular complexity index is 826. The van der Waals surface area contributed by atoms with Gasteiger partial charge in [-0.1, -0.05) is 30.3 Å². The molecule has 0 spiro atoms. The smallest absolute Gasteiger partial charge is 0.410 e. The standard InChI is InChI=1S/C20H27N5O3/c1-20(2,3)28-19(27)25-12-10-15-16(13-25)23-24-17(15)22-18(26)21-11-9-14-7-5-4-6-8-14/h4-8H,9-13H2,1-3H3,(H3,21,22,23,24,26). The molecule has 1 aromatic carbocycles. The quantitative estimate of drug-likeness (QED) is 0.753. The molecule has 0 radical (unpaired) electrons. The zero-order valence-electron chi connectivity index (χ0n) is 16.5. The van der Waals surface area contributed by atoms with E-state index in [0.29, 0.717) is 31.9 Å². The van der Waals surface area contributed by atoms with E-state index in [4.69, 9.17) is 4.74 Å². The van der Waals surface area contributed by atoms with Crippen molar-refractivity contribution in [2.45, 2.75) is 45.8 Å². The van der Waals surface area contributed by atoms with Crippen molar-refractivity contribution in [3.05, 3.63) is 47.2 Å². The van der Waals surface area contributed by atoms with Gasteiger partial charge >= 0.3 is 12.1 Å². The molecule has 0 saturated heterocycles. The van der Waals surface area contributed by atoms with E-state index in [2.05, 4.69) is 20.8 Å². The molecule has 1 aromatic heterocycles. The largest absolute Gasteiger partial charge is 0.444 e. The average Bonchev–Trinajstić information content (AvgIpc) is 3.03. The van der Waals surface area contributed by atoms with Crippen LogP contribution in [0.25, 0.3) is 0 Å². The van der Waals surface area contributed by atoms with E-state index < -0.39 is 5.60 Å². The Balaban J connectivity index is 1.51. The van der Waals surface area contributed by atoms with Gasteiger partial charge in [-0.25, -0.2) is 9.59 Å². The molecule has 8 nitrogen and oxygen atoms in total. The number of urea groups is 1. The van der Waals surface area contributed by atoms with Gasteiger partial charge in [0.25, 0.3) is 0 Å². The average molecular weight is 385 g/mol. The summed E-state index contributed by atoms with van der Waals surface area (Å²) in [7, 11) is 0. The highest BCUT2D eigenvalue weighted by molar-refractivity contribution is 5.89. The number of nitrogens with one attached hydrogen (secondary N) is 3. The lowest BCUT2D eigenvalue weighted by Gasteiger charge is -2.29. The van der Waals surface area contributed by atoms with Gasteiger partial charge in [-0.2, -0.15) is 5.10 Å².